The van der Waals surface area contributed by atoms with Crippen molar-refractivity contribution in [3.05, 3.63) is 41.9 Å². The van der Waals surface area contributed by atoms with Crippen LogP contribution in [0.4, 0.5) is 11.6 Å². The third-order valence-electron chi connectivity index (χ3n) is 5.98. The van der Waals surface area contributed by atoms with Gasteiger partial charge in [-0.2, -0.15) is 0 Å². The van der Waals surface area contributed by atoms with E-state index in [2.05, 4.69) is 35.1 Å². The highest BCUT2D eigenvalue weighted by atomic mass is 16.2. The largest absolute Gasteiger partial charge is 0.354 e. The number of anilines is 2. The number of nitrogens with one attached hydrogen (secondary N) is 1. The molecule has 2 fully saturated rings. The number of fused-ring (bicyclic) bond motifs is 1. The average molecular weight is 406 g/mol. The van der Waals surface area contributed by atoms with Crippen LogP contribution in [0.1, 0.15) is 41.1 Å². The van der Waals surface area contributed by atoms with Gasteiger partial charge in [0.15, 0.2) is 5.65 Å². The van der Waals surface area contributed by atoms with E-state index in [1.807, 2.05) is 24.4 Å². The number of carbonyl (C=O) groups is 1. The van der Waals surface area contributed by atoms with Gasteiger partial charge in [-0.25, -0.2) is 19.9 Å². The molecule has 1 atom stereocenters. The minimum Gasteiger partial charge on any atom is -0.354 e. The van der Waals surface area contributed by atoms with Gasteiger partial charge in [-0.05, 0) is 46.2 Å². The molecule has 0 aromatic carbocycles. The highest BCUT2D eigenvalue weighted by Crippen LogP contribution is 2.23. The minimum atomic E-state index is -0.325. The van der Waals surface area contributed by atoms with Crippen LogP contribution in [0.25, 0.3) is 5.65 Å². The predicted octanol–water partition coefficient (Wildman–Crippen LogP) is 2.06. The van der Waals surface area contributed by atoms with E-state index < -0.39 is 0 Å². The first-order chi connectivity index (χ1) is 14.6. The number of likely N-dealkylation sites (tertiary alicyclic amines) is 1. The number of hydrogen-bond donors (Lipinski definition) is 1. The van der Waals surface area contributed by atoms with Gasteiger partial charge < -0.3 is 14.6 Å². The maximum absolute atomic E-state index is 12.6. The molecule has 0 bridgehead atoms. The molecule has 9 heteroatoms. The monoisotopic (exact) mass is 406 g/mol. The van der Waals surface area contributed by atoms with Crippen LogP contribution in [0.3, 0.4) is 0 Å². The first kappa shape index (κ1) is 18.9. The summed E-state index contributed by atoms with van der Waals surface area (Å²) in [4.78, 5) is 35.2. The van der Waals surface area contributed by atoms with Gasteiger partial charge in [-0.1, -0.05) is 0 Å². The second-order valence-corrected chi connectivity index (χ2v) is 8.17. The Balaban J connectivity index is 1.26. The van der Waals surface area contributed by atoms with Crippen LogP contribution in [0, 0.1) is 13.8 Å². The van der Waals surface area contributed by atoms with Gasteiger partial charge in [0.05, 0.1) is 30.0 Å². The van der Waals surface area contributed by atoms with Crippen molar-refractivity contribution in [2.24, 2.45) is 0 Å². The molecular formula is C21H26N8O. The molecule has 9 nitrogen and oxygen atoms in total. The standard InChI is InChI=1S/C21H26N8O/c1-14-11-29-13-18(25-15(2)20(29)24-14)26-21(30)17-9-23-19(10-22-17)28-8-5-16(12-28)27-6-3-4-7-27/h9-11,13,16H,3-8,12H2,1-2H3,(H,26,30)/t16-/m0/s1. The minimum absolute atomic E-state index is 0.274. The topological polar surface area (TPSA) is 91.6 Å². The number of nitrogens with zero attached hydrogens (tertiary/aromatic N) is 7. The summed E-state index contributed by atoms with van der Waals surface area (Å²) in [5.74, 6) is 0.965. The van der Waals surface area contributed by atoms with Crippen molar-refractivity contribution in [1.82, 2.24) is 29.2 Å². The van der Waals surface area contributed by atoms with E-state index in [0.717, 1.165) is 42.4 Å². The Morgan fingerprint density at radius 3 is 2.67 bits per heavy atom. The number of imidazole rings is 1. The van der Waals surface area contributed by atoms with Crippen molar-refractivity contribution in [2.45, 2.75) is 39.2 Å². The maximum atomic E-state index is 12.6. The summed E-state index contributed by atoms with van der Waals surface area (Å²) < 4.78 is 1.87. The molecule has 30 heavy (non-hydrogen) atoms. The quantitative estimate of drug-likeness (QED) is 0.709. The lowest BCUT2D eigenvalue weighted by Crippen LogP contribution is -2.35. The van der Waals surface area contributed by atoms with Crippen LogP contribution in [0.2, 0.25) is 0 Å². The highest BCUT2D eigenvalue weighted by Gasteiger charge is 2.30. The zero-order valence-electron chi connectivity index (χ0n) is 17.4. The summed E-state index contributed by atoms with van der Waals surface area (Å²) in [6.07, 6.45) is 10.7. The number of amides is 1. The van der Waals surface area contributed by atoms with Gasteiger partial charge in [-0.15, -0.1) is 0 Å². The SMILES string of the molecule is Cc1cn2cc(NC(=O)c3cnc(N4CC[C@H](N5CCCC5)C4)cn3)nc(C)c2n1. The third kappa shape index (κ3) is 3.60. The molecular weight excluding hydrogens is 380 g/mol. The molecule has 0 aliphatic carbocycles. The molecule has 5 heterocycles. The highest BCUT2D eigenvalue weighted by molar-refractivity contribution is 6.02. The summed E-state index contributed by atoms with van der Waals surface area (Å²) in [6.45, 7) is 8.18. The molecule has 1 N–H and O–H groups in total. The van der Waals surface area contributed by atoms with Crippen molar-refractivity contribution < 1.29 is 4.79 Å². The molecule has 156 valence electrons. The molecule has 3 aromatic rings. The van der Waals surface area contributed by atoms with Crippen LogP contribution in [0.15, 0.2) is 24.8 Å². The molecule has 5 rings (SSSR count). The Bertz CT molecular complexity index is 1070. The van der Waals surface area contributed by atoms with Crippen molar-refractivity contribution in [3.8, 4) is 0 Å². The zero-order valence-corrected chi connectivity index (χ0v) is 17.4. The van der Waals surface area contributed by atoms with Gasteiger partial charge in [0.1, 0.15) is 17.3 Å². The van der Waals surface area contributed by atoms with Crippen LogP contribution < -0.4 is 10.2 Å². The maximum Gasteiger partial charge on any atom is 0.277 e. The van der Waals surface area contributed by atoms with E-state index in [-0.39, 0.29) is 11.6 Å². The molecule has 2 aliphatic rings. The van der Waals surface area contributed by atoms with E-state index in [1.54, 1.807) is 18.6 Å². The fourth-order valence-corrected chi connectivity index (χ4v) is 4.47. The molecule has 0 unspecified atom stereocenters. The number of aryl methyl sites for hydroxylation is 2. The molecule has 1 amide bonds. The first-order valence-electron chi connectivity index (χ1n) is 10.5. The first-order valence-corrected chi connectivity index (χ1v) is 10.5. The Hall–Kier alpha value is -3.07. The molecule has 2 saturated heterocycles. The number of rotatable bonds is 4. The average Bonchev–Trinajstić information content (AvgIpc) is 3.48. The van der Waals surface area contributed by atoms with Gasteiger partial charge in [0, 0.05) is 25.3 Å². The molecule has 3 aromatic heterocycles. The zero-order chi connectivity index (χ0) is 20.7. The van der Waals surface area contributed by atoms with Crippen molar-refractivity contribution in [2.75, 3.05) is 36.4 Å². The predicted molar refractivity (Wildman–Crippen MR) is 114 cm³/mol. The second-order valence-electron chi connectivity index (χ2n) is 8.17. The smallest absolute Gasteiger partial charge is 0.277 e. The summed E-state index contributed by atoms with van der Waals surface area (Å²) in [5.41, 5.74) is 2.71. The van der Waals surface area contributed by atoms with Crippen molar-refractivity contribution in [1.29, 1.82) is 0 Å². The van der Waals surface area contributed by atoms with Crippen LogP contribution in [-0.2, 0) is 0 Å². The number of hydrogen-bond acceptors (Lipinski definition) is 7. The summed E-state index contributed by atoms with van der Waals surface area (Å²) in [6, 6.07) is 0.605. The number of aromatic nitrogens is 5. The Morgan fingerprint density at radius 1 is 1.07 bits per heavy atom. The van der Waals surface area contributed by atoms with E-state index in [1.165, 1.54) is 25.9 Å². The van der Waals surface area contributed by atoms with Gasteiger partial charge in [0.2, 0.25) is 0 Å². The third-order valence-corrected chi connectivity index (χ3v) is 5.98. The summed E-state index contributed by atoms with van der Waals surface area (Å²) in [5, 5.41) is 2.81. The Morgan fingerprint density at radius 2 is 1.90 bits per heavy atom. The number of carbonyl (C=O) groups excluding carboxylic acids is 1. The lowest BCUT2D eigenvalue weighted by molar-refractivity contribution is 0.102. The lowest BCUT2D eigenvalue weighted by atomic mass is 10.2. The summed E-state index contributed by atoms with van der Waals surface area (Å²) in [7, 11) is 0. The van der Waals surface area contributed by atoms with Crippen molar-refractivity contribution >= 4 is 23.2 Å². The van der Waals surface area contributed by atoms with E-state index in [0.29, 0.717) is 11.9 Å². The second kappa shape index (κ2) is 7.64. The molecule has 2 aliphatic heterocycles. The van der Waals surface area contributed by atoms with E-state index >= 15 is 0 Å². The van der Waals surface area contributed by atoms with Gasteiger partial charge in [-0.3, -0.25) is 9.69 Å². The van der Waals surface area contributed by atoms with Crippen LogP contribution >= 0.6 is 0 Å². The Kier molecular flexibility index (Phi) is 4.82. The van der Waals surface area contributed by atoms with Gasteiger partial charge in [0.25, 0.3) is 5.91 Å². The molecule has 0 spiro atoms. The fraction of sp³-hybridized carbons (Fsp3) is 0.476. The van der Waals surface area contributed by atoms with E-state index in [4.69, 9.17) is 0 Å². The van der Waals surface area contributed by atoms with Crippen LogP contribution in [-0.4, -0.2) is 67.4 Å². The van der Waals surface area contributed by atoms with E-state index in [9.17, 15) is 4.79 Å². The lowest BCUT2D eigenvalue weighted by Gasteiger charge is -2.23. The normalized spacial score (nSPS) is 19.7. The van der Waals surface area contributed by atoms with Crippen LogP contribution in [0.5, 0.6) is 0 Å². The molecule has 0 saturated carbocycles. The summed E-state index contributed by atoms with van der Waals surface area (Å²) >= 11 is 0. The van der Waals surface area contributed by atoms with Gasteiger partial charge >= 0.3 is 0 Å². The Labute approximate surface area is 175 Å². The molecule has 0 radical (unpaired) electrons. The van der Waals surface area contributed by atoms with Crippen molar-refractivity contribution in [3.63, 3.8) is 0 Å². The fourth-order valence-electron chi connectivity index (χ4n) is 4.47.